The van der Waals surface area contributed by atoms with Gasteiger partial charge in [0.1, 0.15) is 18.2 Å². The van der Waals surface area contributed by atoms with Gasteiger partial charge in [0.15, 0.2) is 0 Å². The SMILES string of the molecule is C1=Nc2ccc(-c3ccc(-c4ccc(-c5ccc(-c6ccc(C7NC(c8ccc(-c9ccccc9)cc8)=NC(c8ccccc8)N7)cc6)c6ccccc56)c5ccccc45)cc3)cc2C(c2ccccc2)CC1. The van der Waals surface area contributed by atoms with Crippen molar-refractivity contribution in [1.82, 2.24) is 10.6 Å². The van der Waals surface area contributed by atoms with Gasteiger partial charge in [0, 0.05) is 17.7 Å². The summed E-state index contributed by atoms with van der Waals surface area (Å²) in [5.74, 6) is 1.19. The average Bonchev–Trinajstić information content (AvgIpc) is 3.70. The summed E-state index contributed by atoms with van der Waals surface area (Å²) in [6.07, 6.45) is 3.74. The first-order valence-electron chi connectivity index (χ1n) is 25.5. The molecule has 0 saturated heterocycles. The van der Waals surface area contributed by atoms with Crippen molar-refractivity contribution in [3.05, 3.63) is 283 Å². The molecule has 348 valence electrons. The molecule has 73 heavy (non-hydrogen) atoms. The van der Waals surface area contributed by atoms with Crippen molar-refractivity contribution >= 4 is 39.3 Å². The Morgan fingerprint density at radius 1 is 0.356 bits per heavy atom. The van der Waals surface area contributed by atoms with E-state index in [2.05, 4.69) is 272 Å². The van der Waals surface area contributed by atoms with Crippen molar-refractivity contribution in [3.8, 4) is 55.6 Å². The van der Waals surface area contributed by atoms with E-state index in [9.17, 15) is 0 Å². The largest absolute Gasteiger partial charge is 0.350 e. The van der Waals surface area contributed by atoms with Crippen LogP contribution < -0.4 is 10.6 Å². The Kier molecular flexibility index (Phi) is 11.7. The first-order valence-corrected chi connectivity index (χ1v) is 25.5. The van der Waals surface area contributed by atoms with Crippen LogP contribution in [-0.4, -0.2) is 12.1 Å². The summed E-state index contributed by atoms with van der Waals surface area (Å²) in [4.78, 5) is 10.1. The molecular formula is C69H52N4. The molecule has 0 aliphatic carbocycles. The molecule has 0 radical (unpaired) electrons. The van der Waals surface area contributed by atoms with E-state index in [0.717, 1.165) is 41.1 Å². The fraction of sp³-hybridized carbons (Fsp3) is 0.0725. The highest BCUT2D eigenvalue weighted by Crippen LogP contribution is 2.43. The number of amidine groups is 1. The highest BCUT2D eigenvalue weighted by molar-refractivity contribution is 6.12. The molecule has 0 fully saturated rings. The van der Waals surface area contributed by atoms with Gasteiger partial charge in [0.25, 0.3) is 0 Å². The number of aliphatic imine (C=N–C) groups is 2. The van der Waals surface area contributed by atoms with Crippen LogP contribution in [0.4, 0.5) is 5.69 Å². The maximum Gasteiger partial charge on any atom is 0.131 e. The first-order chi connectivity index (χ1) is 36.2. The third-order valence-electron chi connectivity index (χ3n) is 14.9. The summed E-state index contributed by atoms with van der Waals surface area (Å²) in [7, 11) is 0. The number of nitrogens with one attached hydrogen (secondary N) is 2. The topological polar surface area (TPSA) is 48.8 Å². The second kappa shape index (κ2) is 19.3. The maximum atomic E-state index is 5.20. The zero-order valence-corrected chi connectivity index (χ0v) is 40.4. The molecule has 4 heteroatoms. The molecule has 11 aromatic carbocycles. The lowest BCUT2D eigenvalue weighted by atomic mass is 9.85. The monoisotopic (exact) mass is 936 g/mol. The van der Waals surface area contributed by atoms with Gasteiger partial charge in [0.2, 0.25) is 0 Å². The van der Waals surface area contributed by atoms with Crippen LogP contribution >= 0.6 is 0 Å². The summed E-state index contributed by atoms with van der Waals surface area (Å²) in [5, 5.41) is 12.5. The molecule has 3 unspecified atom stereocenters. The van der Waals surface area contributed by atoms with E-state index >= 15 is 0 Å². The Morgan fingerprint density at radius 3 is 1.41 bits per heavy atom. The lowest BCUT2D eigenvalue weighted by molar-refractivity contribution is 0.409. The molecule has 2 aliphatic heterocycles. The predicted molar refractivity (Wildman–Crippen MR) is 305 cm³/mol. The van der Waals surface area contributed by atoms with Crippen LogP contribution in [0.25, 0.3) is 77.2 Å². The quantitative estimate of drug-likeness (QED) is 0.151. The Hall–Kier alpha value is -8.96. The smallest absolute Gasteiger partial charge is 0.131 e. The average molecular weight is 937 g/mol. The van der Waals surface area contributed by atoms with Gasteiger partial charge in [0.05, 0.1) is 5.69 Å². The van der Waals surface area contributed by atoms with Crippen LogP contribution in [0.3, 0.4) is 0 Å². The normalized spacial score (nSPS) is 16.3. The van der Waals surface area contributed by atoms with Crippen molar-refractivity contribution < 1.29 is 0 Å². The zero-order valence-electron chi connectivity index (χ0n) is 40.4. The molecule has 3 atom stereocenters. The second-order valence-corrected chi connectivity index (χ2v) is 19.2. The molecule has 13 rings (SSSR count). The number of hydrogen-bond donors (Lipinski definition) is 2. The van der Waals surface area contributed by atoms with Crippen molar-refractivity contribution in [3.63, 3.8) is 0 Å². The number of fused-ring (bicyclic) bond motifs is 3. The fourth-order valence-electron chi connectivity index (χ4n) is 11.1. The molecule has 0 saturated carbocycles. The van der Waals surface area contributed by atoms with Crippen molar-refractivity contribution in [2.75, 3.05) is 0 Å². The summed E-state index contributed by atoms with van der Waals surface area (Å²) in [5.41, 5.74) is 19.1. The number of benzene rings is 11. The fourth-order valence-corrected chi connectivity index (χ4v) is 11.1. The van der Waals surface area contributed by atoms with E-state index in [0.29, 0.717) is 5.92 Å². The van der Waals surface area contributed by atoms with E-state index in [4.69, 9.17) is 9.98 Å². The summed E-state index contributed by atoms with van der Waals surface area (Å²) < 4.78 is 0. The Balaban J connectivity index is 0.788. The Bertz CT molecular complexity index is 3830. The molecular weight excluding hydrogens is 885 g/mol. The van der Waals surface area contributed by atoms with Gasteiger partial charge in [-0.2, -0.15) is 0 Å². The van der Waals surface area contributed by atoms with Gasteiger partial charge in [-0.1, -0.05) is 243 Å². The highest BCUT2D eigenvalue weighted by Gasteiger charge is 2.26. The van der Waals surface area contributed by atoms with Gasteiger partial charge in [-0.05, 0) is 124 Å². The molecule has 0 aromatic heterocycles. The Labute approximate surface area is 427 Å². The molecule has 0 bridgehead atoms. The van der Waals surface area contributed by atoms with Crippen LogP contribution in [0.2, 0.25) is 0 Å². The zero-order chi connectivity index (χ0) is 48.5. The van der Waals surface area contributed by atoms with Crippen molar-refractivity contribution in [1.29, 1.82) is 0 Å². The van der Waals surface area contributed by atoms with Crippen LogP contribution in [0.1, 0.15) is 58.9 Å². The van der Waals surface area contributed by atoms with Crippen molar-refractivity contribution in [2.24, 2.45) is 9.98 Å². The second-order valence-electron chi connectivity index (χ2n) is 19.2. The third-order valence-corrected chi connectivity index (χ3v) is 14.9. The van der Waals surface area contributed by atoms with Gasteiger partial charge in [-0.3, -0.25) is 10.3 Å². The highest BCUT2D eigenvalue weighted by atomic mass is 15.3. The first kappa shape index (κ1) is 44.0. The lowest BCUT2D eigenvalue weighted by Gasteiger charge is -2.32. The maximum absolute atomic E-state index is 5.20. The van der Waals surface area contributed by atoms with E-state index in [1.165, 1.54) is 88.3 Å². The van der Waals surface area contributed by atoms with Crippen molar-refractivity contribution in [2.45, 2.75) is 31.1 Å². The van der Waals surface area contributed by atoms with Gasteiger partial charge in [-0.15, -0.1) is 0 Å². The molecule has 2 aliphatic rings. The van der Waals surface area contributed by atoms with E-state index in [-0.39, 0.29) is 12.3 Å². The minimum absolute atomic E-state index is 0.156. The van der Waals surface area contributed by atoms with Crippen LogP contribution in [0.15, 0.2) is 265 Å². The summed E-state index contributed by atoms with van der Waals surface area (Å²) >= 11 is 0. The van der Waals surface area contributed by atoms with E-state index in [1.807, 2.05) is 0 Å². The standard InChI is InChI=1S/C69H52N4/c1-4-15-46(16-5-1)47-28-34-53(35-29-47)68-71-67(52-19-8-3-9-20-52)72-69(73-68)54-36-32-51(33-37-54)58-40-42-64(62-24-13-11-22-60(58)62)63-41-39-57(59-21-10-12-23-61(59)63)50-30-26-48(27-31-50)55-38-43-66-65(45-55)56(25-14-44-70-66)49-17-6-2-7-18-49/h1-13,15-24,26-45,56,67,69,72H,14,25H2,(H,71,73). The van der Waals surface area contributed by atoms with E-state index < -0.39 is 0 Å². The summed E-state index contributed by atoms with van der Waals surface area (Å²) in [6.45, 7) is 0. The molecule has 2 N–H and O–H groups in total. The number of nitrogens with zero attached hydrogens (tertiary/aromatic N) is 2. The molecule has 0 amide bonds. The third kappa shape index (κ3) is 8.62. The number of rotatable bonds is 9. The molecule has 0 spiro atoms. The van der Waals surface area contributed by atoms with Gasteiger partial charge in [-0.25, -0.2) is 4.99 Å². The molecule has 4 nitrogen and oxygen atoms in total. The van der Waals surface area contributed by atoms with Gasteiger partial charge < -0.3 is 5.32 Å². The van der Waals surface area contributed by atoms with Gasteiger partial charge >= 0.3 is 0 Å². The molecule has 11 aromatic rings. The molecule has 2 heterocycles. The van der Waals surface area contributed by atoms with Crippen LogP contribution in [0.5, 0.6) is 0 Å². The number of hydrogen-bond acceptors (Lipinski definition) is 4. The lowest BCUT2D eigenvalue weighted by Crippen LogP contribution is -2.44. The minimum atomic E-state index is -0.210. The predicted octanol–water partition coefficient (Wildman–Crippen LogP) is 17.3. The summed E-state index contributed by atoms with van der Waals surface area (Å²) in [6, 6.07) is 92.5. The minimum Gasteiger partial charge on any atom is -0.350 e. The van der Waals surface area contributed by atoms with E-state index in [1.54, 1.807) is 0 Å². The van der Waals surface area contributed by atoms with Crippen LogP contribution in [0, 0.1) is 0 Å². The van der Waals surface area contributed by atoms with Crippen LogP contribution in [-0.2, 0) is 0 Å². The Morgan fingerprint density at radius 2 is 0.808 bits per heavy atom.